The summed E-state index contributed by atoms with van der Waals surface area (Å²) in [7, 11) is 1.71. The van der Waals surface area contributed by atoms with E-state index >= 15 is 0 Å². The molecule has 114 valence electrons. The Hall–Kier alpha value is -0.890. The lowest BCUT2D eigenvalue weighted by Gasteiger charge is -2.16. The molecular formula is C18H30O2. The predicted molar refractivity (Wildman–Crippen MR) is 84.8 cm³/mol. The molecule has 2 nitrogen and oxygen atoms in total. The third-order valence-corrected chi connectivity index (χ3v) is 4.08. The predicted octanol–water partition coefficient (Wildman–Crippen LogP) is 4.85. The smallest absolute Gasteiger partial charge is 0.144 e. The number of hydrogen-bond acceptors (Lipinski definition) is 2. The van der Waals surface area contributed by atoms with E-state index in [4.69, 9.17) is 4.74 Å². The third-order valence-electron chi connectivity index (χ3n) is 4.08. The molecule has 1 unspecified atom stereocenters. The fraction of sp³-hybridized carbons (Fsp3) is 0.722. The van der Waals surface area contributed by atoms with E-state index in [0.29, 0.717) is 12.4 Å². The van der Waals surface area contributed by atoms with E-state index in [1.54, 1.807) is 7.11 Å². The molecule has 0 N–H and O–H groups in total. The topological polar surface area (TPSA) is 26.3 Å². The number of allylic oxidation sites excluding steroid dienone is 3. The molecule has 1 aliphatic carbocycles. The van der Waals surface area contributed by atoms with Gasteiger partial charge in [-0.05, 0) is 19.8 Å². The summed E-state index contributed by atoms with van der Waals surface area (Å²) in [6.07, 6.45) is 13.2. The summed E-state index contributed by atoms with van der Waals surface area (Å²) >= 11 is 0. The molecule has 0 bridgehead atoms. The average Bonchev–Trinajstić information content (AvgIpc) is 2.81. The number of Topliss-reactive ketones (excluding diaryl/α,β-unsaturated/α-hetero) is 1. The lowest BCUT2D eigenvalue weighted by Crippen LogP contribution is -2.17. The molecule has 20 heavy (non-hydrogen) atoms. The standard InChI is InChI=1S/C18H30O2/c1-4-5-6-7-8-9-10-17(19)18-15(2)11-12-16(18)13-14-20-3/h11-12,18H,4-10,13-14H2,1-3H3. The largest absolute Gasteiger partial charge is 0.384 e. The Kier molecular flexibility index (Phi) is 8.52. The summed E-state index contributed by atoms with van der Waals surface area (Å²) in [5.41, 5.74) is 2.44. The van der Waals surface area contributed by atoms with Gasteiger partial charge in [0.2, 0.25) is 0 Å². The summed E-state index contributed by atoms with van der Waals surface area (Å²) in [5, 5.41) is 0. The summed E-state index contributed by atoms with van der Waals surface area (Å²) in [6, 6.07) is 0. The maximum Gasteiger partial charge on any atom is 0.144 e. The normalized spacial score (nSPS) is 18.1. The van der Waals surface area contributed by atoms with Gasteiger partial charge >= 0.3 is 0 Å². The van der Waals surface area contributed by atoms with Crippen molar-refractivity contribution < 1.29 is 9.53 Å². The molecule has 0 radical (unpaired) electrons. The number of rotatable bonds is 11. The Bertz CT molecular complexity index is 352. The zero-order valence-corrected chi connectivity index (χ0v) is 13.4. The van der Waals surface area contributed by atoms with E-state index in [1.165, 1.54) is 43.3 Å². The molecule has 0 amide bonds. The maximum atomic E-state index is 12.4. The summed E-state index contributed by atoms with van der Waals surface area (Å²) in [5.74, 6) is 0.440. The molecule has 1 rings (SSSR count). The highest BCUT2D eigenvalue weighted by molar-refractivity contribution is 5.87. The third kappa shape index (κ3) is 5.62. The maximum absolute atomic E-state index is 12.4. The molecule has 0 heterocycles. The van der Waals surface area contributed by atoms with Crippen LogP contribution in [0.2, 0.25) is 0 Å². The number of carbonyl (C=O) groups is 1. The van der Waals surface area contributed by atoms with E-state index in [2.05, 4.69) is 26.0 Å². The summed E-state index contributed by atoms with van der Waals surface area (Å²) < 4.78 is 5.13. The average molecular weight is 278 g/mol. The van der Waals surface area contributed by atoms with E-state index in [1.807, 2.05) is 0 Å². The van der Waals surface area contributed by atoms with Gasteiger partial charge in [0.1, 0.15) is 5.78 Å². The molecule has 0 spiro atoms. The van der Waals surface area contributed by atoms with Crippen LogP contribution < -0.4 is 0 Å². The fourth-order valence-electron chi connectivity index (χ4n) is 2.86. The van der Waals surface area contributed by atoms with Crippen LogP contribution in [0.4, 0.5) is 0 Å². The van der Waals surface area contributed by atoms with Crippen LogP contribution in [-0.2, 0) is 9.53 Å². The molecule has 0 saturated carbocycles. The van der Waals surface area contributed by atoms with Crippen molar-refractivity contribution in [3.63, 3.8) is 0 Å². The van der Waals surface area contributed by atoms with Crippen molar-refractivity contribution in [2.45, 2.75) is 65.2 Å². The minimum Gasteiger partial charge on any atom is -0.384 e. The van der Waals surface area contributed by atoms with Crippen LogP contribution in [0.1, 0.15) is 65.2 Å². The van der Waals surface area contributed by atoms with Crippen molar-refractivity contribution in [2.24, 2.45) is 5.92 Å². The summed E-state index contributed by atoms with van der Waals surface area (Å²) in [4.78, 5) is 12.4. The minimum atomic E-state index is 0.0424. The second kappa shape index (κ2) is 9.93. The van der Waals surface area contributed by atoms with Crippen LogP contribution in [0.3, 0.4) is 0 Å². The fourth-order valence-corrected chi connectivity index (χ4v) is 2.86. The molecule has 2 heteroatoms. The number of methoxy groups -OCH3 is 1. The minimum absolute atomic E-state index is 0.0424. The zero-order valence-electron chi connectivity index (χ0n) is 13.4. The second-order valence-corrected chi connectivity index (χ2v) is 5.81. The molecule has 0 aliphatic heterocycles. The quantitative estimate of drug-likeness (QED) is 0.505. The Morgan fingerprint density at radius 1 is 1.15 bits per heavy atom. The van der Waals surface area contributed by atoms with Gasteiger partial charge in [-0.25, -0.2) is 0 Å². The molecule has 0 aromatic rings. The highest BCUT2D eigenvalue weighted by Gasteiger charge is 2.26. The van der Waals surface area contributed by atoms with Gasteiger partial charge in [-0.2, -0.15) is 0 Å². The zero-order chi connectivity index (χ0) is 14.8. The lowest BCUT2D eigenvalue weighted by molar-refractivity contribution is -0.121. The van der Waals surface area contributed by atoms with E-state index in [-0.39, 0.29) is 5.92 Å². The van der Waals surface area contributed by atoms with Gasteiger partial charge in [0.15, 0.2) is 0 Å². The first-order valence-electron chi connectivity index (χ1n) is 8.09. The summed E-state index contributed by atoms with van der Waals surface area (Å²) in [6.45, 7) is 5.00. The highest BCUT2D eigenvalue weighted by Crippen LogP contribution is 2.31. The van der Waals surface area contributed by atoms with Crippen molar-refractivity contribution >= 4 is 5.78 Å². The van der Waals surface area contributed by atoms with Crippen molar-refractivity contribution in [3.8, 4) is 0 Å². The molecule has 0 aromatic carbocycles. The van der Waals surface area contributed by atoms with Crippen molar-refractivity contribution in [1.29, 1.82) is 0 Å². The highest BCUT2D eigenvalue weighted by atomic mass is 16.5. The molecule has 0 saturated heterocycles. The van der Waals surface area contributed by atoms with Crippen LogP contribution in [-0.4, -0.2) is 19.5 Å². The number of ketones is 1. The second-order valence-electron chi connectivity index (χ2n) is 5.81. The van der Waals surface area contributed by atoms with Crippen LogP contribution in [0.5, 0.6) is 0 Å². The molecule has 1 aliphatic rings. The van der Waals surface area contributed by atoms with Gasteiger partial charge in [-0.3, -0.25) is 4.79 Å². The van der Waals surface area contributed by atoms with Gasteiger partial charge in [0, 0.05) is 20.1 Å². The number of hydrogen-bond donors (Lipinski definition) is 0. The Balaban J connectivity index is 2.30. The van der Waals surface area contributed by atoms with Crippen LogP contribution in [0.15, 0.2) is 23.3 Å². The van der Waals surface area contributed by atoms with Crippen LogP contribution in [0.25, 0.3) is 0 Å². The first kappa shape index (κ1) is 17.2. The van der Waals surface area contributed by atoms with Crippen molar-refractivity contribution in [1.82, 2.24) is 0 Å². The van der Waals surface area contributed by atoms with Gasteiger partial charge in [0.05, 0.1) is 5.92 Å². The van der Waals surface area contributed by atoms with Gasteiger partial charge < -0.3 is 4.74 Å². The van der Waals surface area contributed by atoms with E-state index < -0.39 is 0 Å². The Labute approximate surface area is 124 Å². The molecule has 0 aromatic heterocycles. The molecular weight excluding hydrogens is 248 g/mol. The van der Waals surface area contributed by atoms with Crippen molar-refractivity contribution in [3.05, 3.63) is 23.3 Å². The van der Waals surface area contributed by atoms with Gasteiger partial charge in [-0.1, -0.05) is 62.3 Å². The SMILES string of the molecule is CCCCCCCCC(=O)C1C(C)=CC=C1CCOC. The van der Waals surface area contributed by atoms with E-state index in [9.17, 15) is 4.79 Å². The van der Waals surface area contributed by atoms with E-state index in [0.717, 1.165) is 19.3 Å². The first-order valence-corrected chi connectivity index (χ1v) is 8.09. The Morgan fingerprint density at radius 2 is 1.85 bits per heavy atom. The van der Waals surface area contributed by atoms with Crippen LogP contribution in [0, 0.1) is 5.92 Å². The monoisotopic (exact) mass is 278 g/mol. The Morgan fingerprint density at radius 3 is 2.55 bits per heavy atom. The molecule has 1 atom stereocenters. The van der Waals surface area contributed by atoms with Crippen molar-refractivity contribution in [2.75, 3.05) is 13.7 Å². The lowest BCUT2D eigenvalue weighted by atomic mass is 9.88. The molecule has 0 fully saturated rings. The first-order chi connectivity index (χ1) is 9.70. The van der Waals surface area contributed by atoms with Gasteiger partial charge in [0.25, 0.3) is 0 Å². The van der Waals surface area contributed by atoms with Gasteiger partial charge in [-0.15, -0.1) is 0 Å². The number of unbranched alkanes of at least 4 members (excludes halogenated alkanes) is 5. The van der Waals surface area contributed by atoms with Crippen LogP contribution >= 0.6 is 0 Å². The number of carbonyl (C=O) groups excluding carboxylic acids is 1. The number of ether oxygens (including phenoxy) is 1.